The highest BCUT2D eigenvalue weighted by Crippen LogP contribution is 2.26. The molecule has 2 aliphatic rings. The van der Waals surface area contributed by atoms with E-state index in [-0.39, 0.29) is 18.7 Å². The second kappa shape index (κ2) is 11.6. The lowest BCUT2D eigenvalue weighted by Gasteiger charge is -2.31. The normalized spacial score (nSPS) is 19.0. The van der Waals surface area contributed by atoms with Gasteiger partial charge in [0.1, 0.15) is 11.9 Å². The maximum absolute atomic E-state index is 13.7. The third kappa shape index (κ3) is 6.21. The highest BCUT2D eigenvalue weighted by molar-refractivity contribution is 7.09. The van der Waals surface area contributed by atoms with Gasteiger partial charge in [0.05, 0.1) is 12.6 Å². The summed E-state index contributed by atoms with van der Waals surface area (Å²) in [5.74, 6) is -2.37. The molecule has 34 heavy (non-hydrogen) atoms. The number of halogens is 1. The van der Waals surface area contributed by atoms with Crippen LogP contribution in [0.1, 0.15) is 55.0 Å². The van der Waals surface area contributed by atoms with E-state index in [1.54, 1.807) is 0 Å². The highest BCUT2D eigenvalue weighted by atomic mass is 32.1. The summed E-state index contributed by atoms with van der Waals surface area (Å²) in [5.41, 5.74) is 0.435. The van der Waals surface area contributed by atoms with Crippen LogP contribution in [0.25, 0.3) is 0 Å². The summed E-state index contributed by atoms with van der Waals surface area (Å²) in [6.45, 7) is 1.06. The van der Waals surface area contributed by atoms with E-state index in [1.165, 1.54) is 40.5 Å². The highest BCUT2D eigenvalue weighted by Gasteiger charge is 2.36. The minimum Gasteiger partial charge on any atom is -0.376 e. The molecule has 0 unspecified atom stereocenters. The number of nitrogens with zero attached hydrogens (tertiary/aromatic N) is 1. The molecule has 0 spiro atoms. The first-order valence-electron chi connectivity index (χ1n) is 11.8. The van der Waals surface area contributed by atoms with Gasteiger partial charge < -0.3 is 20.3 Å². The average molecular weight is 488 g/mol. The summed E-state index contributed by atoms with van der Waals surface area (Å²) in [7, 11) is 0. The predicted octanol–water partition coefficient (Wildman–Crippen LogP) is 3.31. The molecule has 7 nitrogen and oxygen atoms in total. The number of carbonyl (C=O) groups excluding carboxylic acids is 3. The molecule has 1 aromatic heterocycles. The third-order valence-corrected chi connectivity index (χ3v) is 7.19. The zero-order valence-electron chi connectivity index (χ0n) is 19.0. The Balaban J connectivity index is 1.61. The molecule has 1 aliphatic heterocycles. The van der Waals surface area contributed by atoms with Gasteiger partial charge in [-0.2, -0.15) is 0 Å². The maximum Gasteiger partial charge on any atom is 0.313 e. The van der Waals surface area contributed by atoms with E-state index in [1.807, 2.05) is 17.5 Å². The Kier molecular flexibility index (Phi) is 8.29. The van der Waals surface area contributed by atoms with Crippen molar-refractivity contribution in [2.45, 2.75) is 63.3 Å². The molecule has 2 fully saturated rings. The Bertz CT molecular complexity index is 971. The van der Waals surface area contributed by atoms with Crippen molar-refractivity contribution >= 4 is 29.1 Å². The van der Waals surface area contributed by atoms with Crippen LogP contribution in [0.2, 0.25) is 0 Å². The molecule has 3 amide bonds. The number of ether oxygens (including phenoxy) is 1. The van der Waals surface area contributed by atoms with Crippen molar-refractivity contribution in [1.29, 1.82) is 0 Å². The van der Waals surface area contributed by atoms with E-state index >= 15 is 0 Å². The monoisotopic (exact) mass is 487 g/mol. The lowest BCUT2D eigenvalue weighted by atomic mass is 10.0. The summed E-state index contributed by atoms with van der Waals surface area (Å²) in [5, 5.41) is 7.59. The van der Waals surface area contributed by atoms with Gasteiger partial charge in [-0.05, 0) is 54.8 Å². The van der Waals surface area contributed by atoms with Crippen LogP contribution in [0, 0.1) is 5.82 Å². The molecule has 2 heterocycles. The number of hydrogen-bond donors (Lipinski definition) is 2. The van der Waals surface area contributed by atoms with Crippen LogP contribution in [-0.2, 0) is 25.7 Å². The summed E-state index contributed by atoms with van der Waals surface area (Å²) >= 11 is 1.44. The predicted molar refractivity (Wildman–Crippen MR) is 126 cm³/mol. The smallest absolute Gasteiger partial charge is 0.313 e. The van der Waals surface area contributed by atoms with Crippen molar-refractivity contribution in [3.8, 4) is 0 Å². The molecule has 2 atom stereocenters. The van der Waals surface area contributed by atoms with Crippen molar-refractivity contribution in [3.05, 3.63) is 58.0 Å². The molecular formula is C25H30FN3O4S. The molecule has 4 rings (SSSR count). The fourth-order valence-electron chi connectivity index (χ4n) is 4.53. The first-order chi connectivity index (χ1) is 16.5. The second-order valence-corrected chi connectivity index (χ2v) is 9.83. The third-order valence-electron chi connectivity index (χ3n) is 6.33. The number of carbonyl (C=O) groups is 3. The molecule has 0 radical (unpaired) electrons. The van der Waals surface area contributed by atoms with Crippen molar-refractivity contribution < 1.29 is 23.5 Å². The van der Waals surface area contributed by atoms with Crippen LogP contribution >= 0.6 is 11.3 Å². The van der Waals surface area contributed by atoms with Crippen LogP contribution < -0.4 is 10.6 Å². The number of nitrogens with one attached hydrogen (secondary N) is 2. The Labute approximate surface area is 202 Å². The van der Waals surface area contributed by atoms with Gasteiger partial charge in [-0.3, -0.25) is 14.4 Å². The fourth-order valence-corrected chi connectivity index (χ4v) is 5.24. The van der Waals surface area contributed by atoms with Crippen LogP contribution in [0.4, 0.5) is 4.39 Å². The second-order valence-electron chi connectivity index (χ2n) is 8.80. The fraction of sp³-hybridized carbons (Fsp3) is 0.480. The van der Waals surface area contributed by atoms with E-state index < -0.39 is 29.6 Å². The van der Waals surface area contributed by atoms with Crippen molar-refractivity contribution in [3.63, 3.8) is 0 Å². The molecule has 182 valence electrons. The molecule has 2 N–H and O–H groups in total. The van der Waals surface area contributed by atoms with Crippen molar-refractivity contribution in [2.75, 3.05) is 13.2 Å². The van der Waals surface area contributed by atoms with Gasteiger partial charge in [0.15, 0.2) is 0 Å². The number of rotatable bonds is 8. The zero-order valence-corrected chi connectivity index (χ0v) is 19.8. The Morgan fingerprint density at radius 2 is 1.85 bits per heavy atom. The SMILES string of the molecule is O=C(NC1CCCC1)C(=O)N(Cc1cccs1)[C@@H](C(=O)NC[C@@H]1CCCO1)c1ccc(F)cc1. The van der Waals surface area contributed by atoms with Crippen LogP contribution in [0.15, 0.2) is 41.8 Å². The summed E-state index contributed by atoms with van der Waals surface area (Å²) < 4.78 is 19.3. The number of amides is 3. The van der Waals surface area contributed by atoms with E-state index in [0.29, 0.717) is 18.7 Å². The number of thiophene rings is 1. The number of hydrogen-bond acceptors (Lipinski definition) is 5. The summed E-state index contributed by atoms with van der Waals surface area (Å²) in [6, 6.07) is 8.05. The molecule has 1 saturated heterocycles. The van der Waals surface area contributed by atoms with Gasteiger partial charge >= 0.3 is 11.8 Å². The standard InChI is InChI=1S/C25H30FN3O4S/c26-18-11-9-17(10-12-18)22(23(30)27-15-20-7-3-13-33-20)29(16-21-8-4-14-34-21)25(32)24(31)28-19-5-1-2-6-19/h4,8-12,14,19-20,22H,1-3,5-7,13,15-16H2,(H,27,30)(H,28,31)/t20-,22+/m0/s1. The van der Waals surface area contributed by atoms with E-state index in [2.05, 4.69) is 10.6 Å². The van der Waals surface area contributed by atoms with Gasteiger partial charge in [-0.1, -0.05) is 31.0 Å². The van der Waals surface area contributed by atoms with Gasteiger partial charge in [-0.15, -0.1) is 11.3 Å². The minimum atomic E-state index is -1.09. The lowest BCUT2D eigenvalue weighted by molar-refractivity contribution is -0.151. The molecular weight excluding hydrogens is 457 g/mol. The quantitative estimate of drug-likeness (QED) is 0.560. The molecule has 1 saturated carbocycles. The lowest BCUT2D eigenvalue weighted by Crippen LogP contribution is -2.50. The van der Waals surface area contributed by atoms with Gasteiger partial charge in [0, 0.05) is 24.1 Å². The zero-order chi connectivity index (χ0) is 23.9. The topological polar surface area (TPSA) is 87.7 Å². The summed E-state index contributed by atoms with van der Waals surface area (Å²) in [4.78, 5) is 41.9. The first kappa shape index (κ1) is 24.3. The van der Waals surface area contributed by atoms with E-state index in [4.69, 9.17) is 4.74 Å². The van der Waals surface area contributed by atoms with Crippen LogP contribution in [-0.4, -0.2) is 47.9 Å². The molecule has 1 aliphatic carbocycles. The number of benzene rings is 1. The molecule has 1 aromatic carbocycles. The van der Waals surface area contributed by atoms with Gasteiger partial charge in [0.2, 0.25) is 5.91 Å². The molecule has 0 bridgehead atoms. The maximum atomic E-state index is 13.7. The molecule has 9 heteroatoms. The van der Waals surface area contributed by atoms with Crippen LogP contribution in [0.3, 0.4) is 0 Å². The Morgan fingerprint density at radius 3 is 2.50 bits per heavy atom. The molecule has 2 aromatic rings. The van der Waals surface area contributed by atoms with Crippen molar-refractivity contribution in [1.82, 2.24) is 15.5 Å². The van der Waals surface area contributed by atoms with E-state index in [0.717, 1.165) is 43.4 Å². The van der Waals surface area contributed by atoms with Crippen molar-refractivity contribution in [2.24, 2.45) is 0 Å². The average Bonchev–Trinajstić information content (AvgIpc) is 3.62. The minimum absolute atomic E-state index is 0.0300. The Hall–Kier alpha value is -2.78. The summed E-state index contributed by atoms with van der Waals surface area (Å²) in [6.07, 6.45) is 5.42. The largest absolute Gasteiger partial charge is 0.376 e. The first-order valence-corrected chi connectivity index (χ1v) is 12.7. The van der Waals surface area contributed by atoms with Crippen LogP contribution in [0.5, 0.6) is 0 Å². The Morgan fingerprint density at radius 1 is 1.09 bits per heavy atom. The van der Waals surface area contributed by atoms with Gasteiger partial charge in [-0.25, -0.2) is 4.39 Å². The van der Waals surface area contributed by atoms with Gasteiger partial charge in [0.25, 0.3) is 0 Å². The van der Waals surface area contributed by atoms with E-state index in [9.17, 15) is 18.8 Å².